The highest BCUT2D eigenvalue weighted by Crippen LogP contribution is 2.21. The van der Waals surface area contributed by atoms with Crippen LogP contribution in [0.3, 0.4) is 0 Å². The number of benzene rings is 1. The summed E-state index contributed by atoms with van der Waals surface area (Å²) in [6, 6.07) is 5.60. The molecule has 0 spiro atoms. The second-order valence-corrected chi connectivity index (χ2v) is 6.97. The van der Waals surface area contributed by atoms with Gasteiger partial charge < -0.3 is 9.80 Å². The van der Waals surface area contributed by atoms with Crippen LogP contribution in [0.5, 0.6) is 0 Å². The van der Waals surface area contributed by atoms with Crippen LogP contribution < -0.4 is 0 Å². The van der Waals surface area contributed by atoms with Gasteiger partial charge in [0, 0.05) is 28.2 Å². The van der Waals surface area contributed by atoms with Gasteiger partial charge in [-0.05, 0) is 69.6 Å². The number of hydrogen-bond acceptors (Lipinski definition) is 2. The van der Waals surface area contributed by atoms with Crippen molar-refractivity contribution in [2.45, 2.75) is 12.8 Å². The maximum Gasteiger partial charge on any atom is 0.255 e. The minimum Gasteiger partial charge on any atom is -0.341 e. The predicted octanol–water partition coefficient (Wildman–Crippen LogP) is 2.75. The maximum absolute atomic E-state index is 12.4. The summed E-state index contributed by atoms with van der Waals surface area (Å²) in [5.74, 6) is -0.108. The standard InChI is InChI=1S/C14H16BrIN2O2/c1-17(9-13(19)18-6-2-3-7-18)14(20)11-8-10(16)4-5-12(11)15/h4-5,8H,2-3,6-7,9H2,1H3. The molecule has 1 aliphatic heterocycles. The Labute approximate surface area is 140 Å². The molecule has 0 bridgehead atoms. The van der Waals surface area contributed by atoms with E-state index in [1.165, 1.54) is 4.90 Å². The van der Waals surface area contributed by atoms with Crippen LogP contribution in [-0.4, -0.2) is 48.3 Å². The number of rotatable bonds is 3. The molecule has 20 heavy (non-hydrogen) atoms. The van der Waals surface area contributed by atoms with Gasteiger partial charge in [-0.1, -0.05) is 0 Å². The quantitative estimate of drug-likeness (QED) is 0.664. The van der Waals surface area contributed by atoms with Crippen molar-refractivity contribution in [1.29, 1.82) is 0 Å². The maximum atomic E-state index is 12.4. The fraction of sp³-hybridized carbons (Fsp3) is 0.429. The first-order valence-electron chi connectivity index (χ1n) is 6.47. The van der Waals surface area contributed by atoms with Gasteiger partial charge in [0.1, 0.15) is 0 Å². The van der Waals surface area contributed by atoms with Crippen molar-refractivity contribution in [3.63, 3.8) is 0 Å². The number of carbonyl (C=O) groups is 2. The van der Waals surface area contributed by atoms with Crippen molar-refractivity contribution >= 4 is 50.3 Å². The van der Waals surface area contributed by atoms with E-state index in [-0.39, 0.29) is 18.4 Å². The summed E-state index contributed by atoms with van der Waals surface area (Å²) in [5, 5.41) is 0. The van der Waals surface area contributed by atoms with Crippen LogP contribution in [0.4, 0.5) is 0 Å². The predicted molar refractivity (Wildman–Crippen MR) is 89.6 cm³/mol. The molecule has 0 atom stereocenters. The number of amides is 2. The third-order valence-corrected chi connectivity index (χ3v) is 4.70. The molecule has 0 aromatic heterocycles. The topological polar surface area (TPSA) is 40.6 Å². The highest BCUT2D eigenvalue weighted by molar-refractivity contribution is 14.1. The monoisotopic (exact) mass is 450 g/mol. The molecule has 0 N–H and O–H groups in total. The van der Waals surface area contributed by atoms with Gasteiger partial charge in [0.2, 0.25) is 5.91 Å². The Hall–Kier alpha value is -0.630. The number of carbonyl (C=O) groups excluding carboxylic acids is 2. The van der Waals surface area contributed by atoms with Crippen LogP contribution in [0.25, 0.3) is 0 Å². The zero-order valence-corrected chi connectivity index (χ0v) is 15.0. The lowest BCUT2D eigenvalue weighted by Gasteiger charge is -2.21. The van der Waals surface area contributed by atoms with Crippen molar-refractivity contribution in [1.82, 2.24) is 9.80 Å². The number of nitrogens with zero attached hydrogens (tertiary/aromatic N) is 2. The Morgan fingerprint density at radius 1 is 1.35 bits per heavy atom. The number of likely N-dealkylation sites (tertiary alicyclic amines) is 1. The molecule has 1 saturated heterocycles. The van der Waals surface area contributed by atoms with E-state index in [1.54, 1.807) is 7.05 Å². The van der Waals surface area contributed by atoms with E-state index in [1.807, 2.05) is 23.1 Å². The Kier molecular flexibility index (Phi) is 5.42. The second-order valence-electron chi connectivity index (χ2n) is 4.87. The van der Waals surface area contributed by atoms with Gasteiger partial charge in [-0.15, -0.1) is 0 Å². The van der Waals surface area contributed by atoms with E-state index in [9.17, 15) is 9.59 Å². The van der Waals surface area contributed by atoms with Crippen LogP contribution in [-0.2, 0) is 4.79 Å². The summed E-state index contributed by atoms with van der Waals surface area (Å²) < 4.78 is 1.75. The van der Waals surface area contributed by atoms with Crippen LogP contribution in [0, 0.1) is 3.57 Å². The van der Waals surface area contributed by atoms with Crippen molar-refractivity contribution in [3.8, 4) is 0 Å². The lowest BCUT2D eigenvalue weighted by atomic mass is 10.2. The SMILES string of the molecule is CN(CC(=O)N1CCCC1)C(=O)c1cc(I)ccc1Br. The van der Waals surface area contributed by atoms with Crippen LogP contribution in [0.1, 0.15) is 23.2 Å². The van der Waals surface area contributed by atoms with Gasteiger partial charge in [-0.2, -0.15) is 0 Å². The lowest BCUT2D eigenvalue weighted by molar-refractivity contribution is -0.130. The first-order valence-corrected chi connectivity index (χ1v) is 8.34. The molecule has 108 valence electrons. The van der Waals surface area contributed by atoms with Gasteiger partial charge in [0.15, 0.2) is 0 Å². The average Bonchev–Trinajstić information content (AvgIpc) is 2.94. The molecule has 6 heteroatoms. The van der Waals surface area contributed by atoms with Gasteiger partial charge in [0.05, 0.1) is 12.1 Å². The normalized spacial score (nSPS) is 14.4. The van der Waals surface area contributed by atoms with Crippen molar-refractivity contribution in [3.05, 3.63) is 31.8 Å². The molecule has 4 nitrogen and oxygen atoms in total. The minimum atomic E-state index is -0.136. The Morgan fingerprint density at radius 3 is 2.65 bits per heavy atom. The fourth-order valence-corrected chi connectivity index (χ4v) is 3.12. The molecule has 1 aromatic carbocycles. The zero-order chi connectivity index (χ0) is 14.7. The van der Waals surface area contributed by atoms with Crippen molar-refractivity contribution in [2.24, 2.45) is 0 Å². The zero-order valence-electron chi connectivity index (χ0n) is 11.2. The van der Waals surface area contributed by atoms with E-state index in [0.29, 0.717) is 5.56 Å². The summed E-state index contributed by atoms with van der Waals surface area (Å²) in [6.07, 6.45) is 2.12. The van der Waals surface area contributed by atoms with E-state index in [4.69, 9.17) is 0 Å². The fourth-order valence-electron chi connectivity index (χ4n) is 2.21. The molecule has 0 radical (unpaired) electrons. The second kappa shape index (κ2) is 6.89. The highest BCUT2D eigenvalue weighted by atomic mass is 127. The molecule has 1 heterocycles. The molecule has 1 aliphatic rings. The Morgan fingerprint density at radius 2 is 2.00 bits per heavy atom. The van der Waals surface area contributed by atoms with Crippen LogP contribution >= 0.6 is 38.5 Å². The van der Waals surface area contributed by atoms with Crippen molar-refractivity contribution in [2.75, 3.05) is 26.7 Å². The van der Waals surface area contributed by atoms with Crippen LogP contribution in [0.2, 0.25) is 0 Å². The molecule has 0 unspecified atom stereocenters. The molecule has 2 amide bonds. The number of hydrogen-bond donors (Lipinski definition) is 0. The van der Waals surface area contributed by atoms with Crippen LogP contribution in [0.15, 0.2) is 22.7 Å². The smallest absolute Gasteiger partial charge is 0.255 e. The minimum absolute atomic E-state index is 0.0279. The van der Waals surface area contributed by atoms with Crippen molar-refractivity contribution < 1.29 is 9.59 Å². The number of halogens is 2. The van der Waals surface area contributed by atoms with Gasteiger partial charge in [0.25, 0.3) is 5.91 Å². The average molecular weight is 451 g/mol. The molecular weight excluding hydrogens is 435 g/mol. The third kappa shape index (κ3) is 3.72. The largest absolute Gasteiger partial charge is 0.341 e. The van der Waals surface area contributed by atoms with E-state index < -0.39 is 0 Å². The molecular formula is C14H16BrIN2O2. The summed E-state index contributed by atoms with van der Waals surface area (Å²) in [7, 11) is 1.67. The van der Waals surface area contributed by atoms with E-state index >= 15 is 0 Å². The summed E-state index contributed by atoms with van der Waals surface area (Å²) in [4.78, 5) is 27.8. The third-order valence-electron chi connectivity index (χ3n) is 3.34. The van der Waals surface area contributed by atoms with Gasteiger partial charge in [-0.25, -0.2) is 0 Å². The van der Waals surface area contributed by atoms with Gasteiger partial charge >= 0.3 is 0 Å². The van der Waals surface area contributed by atoms with E-state index in [0.717, 1.165) is 34.0 Å². The summed E-state index contributed by atoms with van der Waals surface area (Å²) in [6.45, 7) is 1.76. The van der Waals surface area contributed by atoms with E-state index in [2.05, 4.69) is 38.5 Å². The molecule has 1 fully saturated rings. The molecule has 1 aromatic rings. The Balaban J connectivity index is 2.04. The summed E-state index contributed by atoms with van der Waals surface area (Å²) >= 11 is 5.55. The van der Waals surface area contributed by atoms with Gasteiger partial charge in [-0.3, -0.25) is 9.59 Å². The first kappa shape index (κ1) is 15.8. The molecule has 2 rings (SSSR count). The summed E-state index contributed by atoms with van der Waals surface area (Å²) in [5.41, 5.74) is 0.591. The first-order chi connectivity index (χ1) is 9.49. The molecule has 0 saturated carbocycles. The highest BCUT2D eigenvalue weighted by Gasteiger charge is 2.22. The lowest BCUT2D eigenvalue weighted by Crippen LogP contribution is -2.39. The number of likely N-dealkylation sites (N-methyl/N-ethyl adjacent to an activating group) is 1. The Bertz CT molecular complexity index is 530. The molecule has 0 aliphatic carbocycles.